The lowest BCUT2D eigenvalue weighted by molar-refractivity contribution is -0.193. The van der Waals surface area contributed by atoms with Crippen molar-refractivity contribution in [3.8, 4) is 6.07 Å². The number of anilines is 1. The number of rotatable bonds is 7. The highest BCUT2D eigenvalue weighted by molar-refractivity contribution is 7.97. The summed E-state index contributed by atoms with van der Waals surface area (Å²) in [4.78, 5) is 22.8. The van der Waals surface area contributed by atoms with Gasteiger partial charge in [-0.3, -0.25) is 4.57 Å². The lowest BCUT2D eigenvalue weighted by atomic mass is 10.1. The van der Waals surface area contributed by atoms with Crippen molar-refractivity contribution in [2.75, 3.05) is 16.6 Å². The standard InChI is InChI=1S/C22H28ClN4O8PS/c1-22(2)34-17-15(10-37(31,32)11-36(28,29)30)33-21(18(17)35-22)27-8-7-13-16(25-12-5-3-4-6-12)14(9-24)19(23)26-20(13)27/h7-8,12,15,17-18,21H,3-6,10-11H2,1-2H3,(H,25,26)(H2,28,29,30)/t15-,17-,18-,21-/m1/s1. The van der Waals surface area contributed by atoms with Crippen molar-refractivity contribution in [3.05, 3.63) is 23.0 Å². The van der Waals surface area contributed by atoms with Gasteiger partial charge in [0.1, 0.15) is 35.6 Å². The van der Waals surface area contributed by atoms with Gasteiger partial charge in [0.25, 0.3) is 0 Å². The third-order valence-electron chi connectivity index (χ3n) is 6.81. The Labute approximate surface area is 218 Å². The molecule has 3 N–H and O–H groups in total. The first-order valence-electron chi connectivity index (χ1n) is 11.9. The summed E-state index contributed by atoms with van der Waals surface area (Å²) in [6.45, 7) is 3.38. The molecule has 1 saturated carbocycles. The Balaban J connectivity index is 1.52. The van der Waals surface area contributed by atoms with Crippen LogP contribution in [-0.4, -0.2) is 69.1 Å². The summed E-state index contributed by atoms with van der Waals surface area (Å²) in [5.74, 6) is -1.70. The molecule has 5 rings (SSSR count). The smallest absolute Gasteiger partial charge is 0.340 e. The summed E-state index contributed by atoms with van der Waals surface area (Å²) in [7, 11) is -8.99. The fraction of sp³-hybridized carbons (Fsp3) is 0.636. The number of nitrogens with zero attached hydrogens (tertiary/aromatic N) is 3. The lowest BCUT2D eigenvalue weighted by Gasteiger charge is -2.25. The molecule has 4 heterocycles. The van der Waals surface area contributed by atoms with Crippen LogP contribution in [0, 0.1) is 11.3 Å². The second-order valence-electron chi connectivity index (χ2n) is 10.2. The van der Waals surface area contributed by atoms with Crippen LogP contribution in [0.1, 0.15) is 51.3 Å². The number of aromatic nitrogens is 2. The molecule has 0 spiro atoms. The maximum absolute atomic E-state index is 12.5. The number of nitrogens with one attached hydrogen (secondary N) is 1. The Hall–Kier alpha value is -1.75. The molecule has 2 saturated heterocycles. The van der Waals surface area contributed by atoms with E-state index in [4.69, 9.17) is 25.8 Å². The fourth-order valence-corrected chi connectivity index (χ4v) is 8.90. The largest absolute Gasteiger partial charge is 0.381 e. The van der Waals surface area contributed by atoms with Crippen LogP contribution in [0.2, 0.25) is 5.15 Å². The molecule has 3 fully saturated rings. The second kappa shape index (κ2) is 9.47. The minimum atomic E-state index is -4.80. The minimum absolute atomic E-state index is 0.0229. The zero-order valence-corrected chi connectivity index (χ0v) is 22.7. The van der Waals surface area contributed by atoms with Crippen LogP contribution in [0.3, 0.4) is 0 Å². The molecule has 2 aliphatic heterocycles. The van der Waals surface area contributed by atoms with E-state index in [-0.39, 0.29) is 16.8 Å². The van der Waals surface area contributed by atoms with E-state index in [0.29, 0.717) is 16.7 Å². The normalized spacial score (nSPS) is 28.0. The molecular formula is C22H28ClN4O8PS. The summed E-state index contributed by atoms with van der Waals surface area (Å²) in [5.41, 5.74) is -0.0437. The van der Waals surface area contributed by atoms with Crippen molar-refractivity contribution in [2.45, 2.75) is 75.9 Å². The van der Waals surface area contributed by atoms with Crippen molar-refractivity contribution < 1.29 is 37.0 Å². The van der Waals surface area contributed by atoms with E-state index in [1.54, 1.807) is 30.7 Å². The van der Waals surface area contributed by atoms with E-state index in [1.165, 1.54) is 0 Å². The van der Waals surface area contributed by atoms with Gasteiger partial charge in [0.2, 0.25) is 0 Å². The molecule has 15 heteroatoms. The van der Waals surface area contributed by atoms with Crippen molar-refractivity contribution >= 4 is 45.8 Å². The average molecular weight is 575 g/mol. The quantitative estimate of drug-likeness (QED) is 0.328. The molecule has 37 heavy (non-hydrogen) atoms. The summed E-state index contributed by atoms with van der Waals surface area (Å²) in [5, 5.41) is 13.9. The average Bonchev–Trinajstić information content (AvgIpc) is 3.52. The van der Waals surface area contributed by atoms with Gasteiger partial charge in [-0.15, -0.1) is 0 Å². The van der Waals surface area contributed by atoms with Gasteiger partial charge in [-0.25, -0.2) is 13.4 Å². The molecule has 12 nitrogen and oxygen atoms in total. The van der Waals surface area contributed by atoms with E-state index in [1.807, 2.05) is 0 Å². The van der Waals surface area contributed by atoms with Gasteiger partial charge in [0, 0.05) is 17.6 Å². The van der Waals surface area contributed by atoms with Gasteiger partial charge < -0.3 is 33.9 Å². The number of hydrogen-bond donors (Lipinski definition) is 3. The maximum Gasteiger partial charge on any atom is 0.340 e. The molecule has 2 aromatic rings. The van der Waals surface area contributed by atoms with Gasteiger partial charge in [-0.05, 0) is 32.8 Å². The number of nitriles is 1. The third kappa shape index (κ3) is 5.40. The Bertz CT molecular complexity index is 1410. The van der Waals surface area contributed by atoms with Gasteiger partial charge in [0.05, 0.1) is 11.4 Å². The van der Waals surface area contributed by atoms with Gasteiger partial charge in [-0.1, -0.05) is 24.4 Å². The van der Waals surface area contributed by atoms with Crippen LogP contribution in [0.4, 0.5) is 5.69 Å². The summed E-state index contributed by atoms with van der Waals surface area (Å²) >= 11 is 6.43. The fourth-order valence-electron chi connectivity index (χ4n) is 5.45. The first kappa shape index (κ1) is 26.8. The minimum Gasteiger partial charge on any atom is -0.381 e. The Kier molecular flexibility index (Phi) is 6.87. The van der Waals surface area contributed by atoms with E-state index in [2.05, 4.69) is 16.4 Å². The van der Waals surface area contributed by atoms with Crippen LogP contribution in [-0.2, 0) is 28.6 Å². The Morgan fingerprint density at radius 3 is 2.62 bits per heavy atom. The SMILES string of the molecule is CC1(C)O[C@@H]2[C@H](O1)[C@@H](CS(=O)(=O)CP(=O)(O)O)O[C@H]2n1ccc2c(NC3CCCC3)c(C#N)c(Cl)nc21. The van der Waals surface area contributed by atoms with E-state index < -0.39 is 59.0 Å². The monoisotopic (exact) mass is 574 g/mol. The van der Waals surface area contributed by atoms with Crippen molar-refractivity contribution in [2.24, 2.45) is 0 Å². The maximum atomic E-state index is 12.5. The number of ether oxygens (including phenoxy) is 3. The van der Waals surface area contributed by atoms with E-state index in [0.717, 1.165) is 25.7 Å². The lowest BCUT2D eigenvalue weighted by Crippen LogP contribution is -2.35. The van der Waals surface area contributed by atoms with Crippen molar-refractivity contribution in [1.29, 1.82) is 5.26 Å². The van der Waals surface area contributed by atoms with Crippen LogP contribution in [0.15, 0.2) is 12.3 Å². The predicted octanol–water partition coefficient (Wildman–Crippen LogP) is 2.88. The van der Waals surface area contributed by atoms with E-state index in [9.17, 15) is 28.0 Å². The highest BCUT2D eigenvalue weighted by Gasteiger charge is 2.57. The van der Waals surface area contributed by atoms with Gasteiger partial charge >= 0.3 is 7.60 Å². The molecular weight excluding hydrogens is 547 g/mol. The highest BCUT2D eigenvalue weighted by Crippen LogP contribution is 2.46. The van der Waals surface area contributed by atoms with E-state index >= 15 is 0 Å². The molecule has 2 aromatic heterocycles. The summed E-state index contributed by atoms with van der Waals surface area (Å²) in [6.07, 6.45) is 2.41. The summed E-state index contributed by atoms with van der Waals surface area (Å²) < 4.78 is 56.2. The van der Waals surface area contributed by atoms with Gasteiger partial charge in [-0.2, -0.15) is 5.26 Å². The molecule has 202 valence electrons. The molecule has 0 amide bonds. The van der Waals surface area contributed by atoms with Crippen LogP contribution >= 0.6 is 19.2 Å². The summed E-state index contributed by atoms with van der Waals surface area (Å²) in [6, 6.07) is 4.13. The number of hydrogen-bond acceptors (Lipinski definition) is 9. The first-order valence-corrected chi connectivity index (χ1v) is 15.9. The zero-order valence-electron chi connectivity index (χ0n) is 20.2. The highest BCUT2D eigenvalue weighted by atomic mass is 35.5. The zero-order chi connectivity index (χ0) is 26.8. The van der Waals surface area contributed by atoms with Crippen LogP contribution < -0.4 is 5.32 Å². The number of fused-ring (bicyclic) bond motifs is 2. The van der Waals surface area contributed by atoms with Crippen LogP contribution in [0.5, 0.6) is 0 Å². The second-order valence-corrected chi connectivity index (χ2v) is 14.7. The first-order chi connectivity index (χ1) is 17.3. The molecule has 0 bridgehead atoms. The predicted molar refractivity (Wildman–Crippen MR) is 134 cm³/mol. The molecule has 3 aliphatic rings. The molecule has 0 aromatic carbocycles. The molecule has 0 unspecified atom stereocenters. The number of sulfone groups is 1. The Morgan fingerprint density at radius 1 is 1.30 bits per heavy atom. The topological polar surface area (TPSA) is 173 Å². The third-order valence-corrected chi connectivity index (χ3v) is 10.8. The van der Waals surface area contributed by atoms with Crippen molar-refractivity contribution in [3.63, 3.8) is 0 Å². The van der Waals surface area contributed by atoms with Crippen LogP contribution in [0.25, 0.3) is 11.0 Å². The molecule has 4 atom stereocenters. The Morgan fingerprint density at radius 2 is 1.97 bits per heavy atom. The van der Waals surface area contributed by atoms with Gasteiger partial charge in [0.15, 0.2) is 32.5 Å². The number of halogens is 1. The van der Waals surface area contributed by atoms with Crippen molar-refractivity contribution in [1.82, 2.24) is 9.55 Å². The molecule has 1 aliphatic carbocycles. The molecule has 0 radical (unpaired) electrons. The number of pyridine rings is 1.